The normalized spacial score (nSPS) is 19.0. The highest BCUT2D eigenvalue weighted by molar-refractivity contribution is 6.74. The van der Waals surface area contributed by atoms with Crippen LogP contribution in [-0.2, 0) is 9.16 Å². The molecule has 0 radical (unpaired) electrons. The highest BCUT2D eigenvalue weighted by Gasteiger charge is 2.37. The Balaban J connectivity index is 2.52. The summed E-state index contributed by atoms with van der Waals surface area (Å²) < 4.78 is 12.0. The standard InChI is InChI=1S/C23H47NO2Si/c1-8-10-11-12-13-22(24-16-18-25-19-17-24)15-14-21(9-2)20-26-27(6,7)23(3,4)5/h9,21-22H,2,8,10-20H2,1,3-7H3. The molecule has 1 rings (SSSR count). The summed E-state index contributed by atoms with van der Waals surface area (Å²) in [6.45, 7) is 22.8. The third-order valence-electron chi connectivity index (χ3n) is 6.62. The maximum absolute atomic E-state index is 6.47. The van der Waals surface area contributed by atoms with Crippen molar-refractivity contribution in [3.05, 3.63) is 12.7 Å². The summed E-state index contributed by atoms with van der Waals surface area (Å²) in [5.41, 5.74) is 0. The molecule has 27 heavy (non-hydrogen) atoms. The van der Waals surface area contributed by atoms with Crippen LogP contribution in [0.15, 0.2) is 12.7 Å². The molecule has 1 fully saturated rings. The molecular formula is C23H47NO2Si. The zero-order valence-corrected chi connectivity index (χ0v) is 20.2. The summed E-state index contributed by atoms with van der Waals surface area (Å²) in [7, 11) is -1.68. The van der Waals surface area contributed by atoms with E-state index in [1.165, 1.54) is 44.9 Å². The zero-order chi connectivity index (χ0) is 20.3. The molecule has 0 bridgehead atoms. The van der Waals surface area contributed by atoms with Crippen molar-refractivity contribution in [3.8, 4) is 0 Å². The minimum atomic E-state index is -1.68. The highest BCUT2D eigenvalue weighted by Crippen LogP contribution is 2.37. The molecule has 1 aliphatic heterocycles. The molecule has 2 atom stereocenters. The van der Waals surface area contributed by atoms with Gasteiger partial charge in [-0.25, -0.2) is 0 Å². The van der Waals surface area contributed by atoms with Crippen molar-refractivity contribution in [3.63, 3.8) is 0 Å². The summed E-state index contributed by atoms with van der Waals surface area (Å²) in [5.74, 6) is 0.471. The number of hydrogen-bond acceptors (Lipinski definition) is 3. The number of morpholine rings is 1. The van der Waals surface area contributed by atoms with E-state index >= 15 is 0 Å². The summed E-state index contributed by atoms with van der Waals surface area (Å²) >= 11 is 0. The van der Waals surface area contributed by atoms with Crippen molar-refractivity contribution in [2.24, 2.45) is 5.92 Å². The predicted molar refractivity (Wildman–Crippen MR) is 121 cm³/mol. The quantitative estimate of drug-likeness (QED) is 0.208. The molecule has 0 aromatic carbocycles. The Labute approximate surface area is 171 Å². The average Bonchev–Trinajstić information content (AvgIpc) is 2.63. The number of unbranched alkanes of at least 4 members (excludes halogenated alkanes) is 3. The van der Waals surface area contributed by atoms with Gasteiger partial charge in [0.05, 0.1) is 13.2 Å². The Morgan fingerprint density at radius 3 is 2.30 bits per heavy atom. The van der Waals surface area contributed by atoms with Crippen LogP contribution in [-0.4, -0.2) is 52.2 Å². The lowest BCUT2D eigenvalue weighted by Gasteiger charge is -2.38. The van der Waals surface area contributed by atoms with E-state index < -0.39 is 8.32 Å². The Morgan fingerprint density at radius 1 is 1.07 bits per heavy atom. The highest BCUT2D eigenvalue weighted by atomic mass is 28.4. The fourth-order valence-corrected chi connectivity index (χ4v) is 4.53. The van der Waals surface area contributed by atoms with Gasteiger partial charge in [-0.05, 0) is 43.3 Å². The van der Waals surface area contributed by atoms with E-state index in [1.54, 1.807) is 0 Å². The first kappa shape index (κ1) is 24.9. The van der Waals surface area contributed by atoms with Crippen molar-refractivity contribution in [1.29, 1.82) is 0 Å². The van der Waals surface area contributed by atoms with Crippen LogP contribution in [0.1, 0.15) is 72.6 Å². The van der Waals surface area contributed by atoms with Crippen LogP contribution in [0.3, 0.4) is 0 Å². The SMILES string of the molecule is C=CC(CCC(CCCCCC)N1CCOCC1)CO[Si](C)(C)C(C)(C)C. The van der Waals surface area contributed by atoms with Crippen molar-refractivity contribution in [2.45, 2.75) is 96.8 Å². The van der Waals surface area contributed by atoms with Crippen molar-refractivity contribution in [2.75, 3.05) is 32.9 Å². The van der Waals surface area contributed by atoms with Crippen molar-refractivity contribution in [1.82, 2.24) is 4.90 Å². The zero-order valence-electron chi connectivity index (χ0n) is 19.2. The van der Waals surface area contributed by atoms with Gasteiger partial charge in [-0.1, -0.05) is 59.5 Å². The Morgan fingerprint density at radius 2 is 1.74 bits per heavy atom. The summed E-state index contributed by atoms with van der Waals surface area (Å²) in [4.78, 5) is 2.67. The lowest BCUT2D eigenvalue weighted by Crippen LogP contribution is -2.44. The van der Waals surface area contributed by atoms with Crippen molar-refractivity contribution < 1.29 is 9.16 Å². The number of nitrogens with zero attached hydrogens (tertiary/aromatic N) is 1. The molecular weight excluding hydrogens is 350 g/mol. The number of ether oxygens (including phenoxy) is 1. The molecule has 1 saturated heterocycles. The number of hydrogen-bond donors (Lipinski definition) is 0. The molecule has 3 nitrogen and oxygen atoms in total. The van der Waals surface area contributed by atoms with Gasteiger partial charge in [-0.3, -0.25) is 4.90 Å². The van der Waals surface area contributed by atoms with Gasteiger partial charge in [0.15, 0.2) is 8.32 Å². The minimum absolute atomic E-state index is 0.272. The Kier molecular flexibility index (Phi) is 11.4. The Bertz CT molecular complexity index is 400. The third kappa shape index (κ3) is 9.25. The van der Waals surface area contributed by atoms with Gasteiger partial charge in [-0.2, -0.15) is 0 Å². The van der Waals surface area contributed by atoms with Crippen LogP contribution < -0.4 is 0 Å². The Hall–Kier alpha value is -0.163. The van der Waals surface area contributed by atoms with Crippen LogP contribution >= 0.6 is 0 Å². The van der Waals surface area contributed by atoms with Gasteiger partial charge in [0.1, 0.15) is 0 Å². The molecule has 4 heteroatoms. The lowest BCUT2D eigenvalue weighted by atomic mass is 9.95. The second-order valence-electron chi connectivity index (χ2n) is 9.80. The summed E-state index contributed by atoms with van der Waals surface area (Å²) in [6, 6.07) is 0.695. The largest absolute Gasteiger partial charge is 0.416 e. The molecule has 1 aliphatic rings. The summed E-state index contributed by atoms with van der Waals surface area (Å²) in [5, 5.41) is 0.272. The fourth-order valence-electron chi connectivity index (χ4n) is 3.47. The van der Waals surface area contributed by atoms with Gasteiger partial charge >= 0.3 is 0 Å². The molecule has 2 unspecified atom stereocenters. The molecule has 1 heterocycles. The maximum Gasteiger partial charge on any atom is 0.192 e. The van der Waals surface area contributed by atoms with Crippen LogP contribution in [0.5, 0.6) is 0 Å². The van der Waals surface area contributed by atoms with Gasteiger partial charge in [0.25, 0.3) is 0 Å². The average molecular weight is 398 g/mol. The van der Waals surface area contributed by atoms with Crippen LogP contribution in [0.4, 0.5) is 0 Å². The molecule has 0 N–H and O–H groups in total. The van der Waals surface area contributed by atoms with Crippen LogP contribution in [0.25, 0.3) is 0 Å². The molecule has 160 valence electrons. The first-order chi connectivity index (χ1) is 12.7. The second kappa shape index (κ2) is 12.4. The van der Waals surface area contributed by atoms with Gasteiger partial charge in [0.2, 0.25) is 0 Å². The van der Waals surface area contributed by atoms with Gasteiger partial charge in [0, 0.05) is 25.7 Å². The summed E-state index contributed by atoms with van der Waals surface area (Å²) in [6.07, 6.45) is 11.3. The van der Waals surface area contributed by atoms with Crippen LogP contribution in [0.2, 0.25) is 18.1 Å². The smallest absolute Gasteiger partial charge is 0.192 e. The monoisotopic (exact) mass is 397 g/mol. The van der Waals surface area contributed by atoms with E-state index in [9.17, 15) is 0 Å². The fraction of sp³-hybridized carbons (Fsp3) is 0.913. The van der Waals surface area contributed by atoms with E-state index in [4.69, 9.17) is 9.16 Å². The van der Waals surface area contributed by atoms with E-state index in [0.717, 1.165) is 32.9 Å². The van der Waals surface area contributed by atoms with Gasteiger partial charge in [-0.15, -0.1) is 6.58 Å². The second-order valence-corrected chi connectivity index (χ2v) is 14.6. The first-order valence-electron chi connectivity index (χ1n) is 11.3. The first-order valence-corrected chi connectivity index (χ1v) is 14.2. The number of rotatable bonds is 13. The topological polar surface area (TPSA) is 21.7 Å². The molecule has 0 spiro atoms. The lowest BCUT2D eigenvalue weighted by molar-refractivity contribution is 0.0110. The van der Waals surface area contributed by atoms with E-state index in [1.807, 2.05) is 0 Å². The van der Waals surface area contributed by atoms with Crippen molar-refractivity contribution >= 4 is 8.32 Å². The van der Waals surface area contributed by atoms with Gasteiger partial charge < -0.3 is 9.16 Å². The minimum Gasteiger partial charge on any atom is -0.416 e. The molecule has 0 aromatic rings. The van der Waals surface area contributed by atoms with E-state index in [2.05, 4.69) is 58.3 Å². The van der Waals surface area contributed by atoms with Crippen LogP contribution in [0, 0.1) is 5.92 Å². The molecule has 0 aromatic heterocycles. The molecule has 0 saturated carbocycles. The van der Waals surface area contributed by atoms with E-state index in [0.29, 0.717) is 12.0 Å². The van der Waals surface area contributed by atoms with E-state index in [-0.39, 0.29) is 5.04 Å². The molecule has 0 aliphatic carbocycles. The predicted octanol–water partition coefficient (Wildman–Crippen LogP) is 6.26. The maximum atomic E-state index is 6.47. The third-order valence-corrected chi connectivity index (χ3v) is 11.1. The molecule has 0 amide bonds.